The Kier molecular flexibility index (Phi) is 3.89. The second-order valence-electron chi connectivity index (χ2n) is 10.3. The predicted molar refractivity (Wildman–Crippen MR) is 94.9 cm³/mol. The molecule has 4 aliphatic rings. The lowest BCUT2D eigenvalue weighted by Gasteiger charge is -2.57. The van der Waals surface area contributed by atoms with Gasteiger partial charge in [-0.25, -0.2) is 0 Å². The van der Waals surface area contributed by atoms with Gasteiger partial charge in [0.1, 0.15) is 0 Å². The number of rotatable bonds is 1. The summed E-state index contributed by atoms with van der Waals surface area (Å²) in [5, 5.41) is 10.5. The molecule has 0 radical (unpaired) electrons. The summed E-state index contributed by atoms with van der Waals surface area (Å²) in [5.74, 6) is 5.30. The molecule has 0 bridgehead atoms. The molecular weight excluding hydrogens is 282 g/mol. The second-order valence-corrected chi connectivity index (χ2v) is 10.3. The molecule has 23 heavy (non-hydrogen) atoms. The van der Waals surface area contributed by atoms with Gasteiger partial charge in [-0.05, 0) is 113 Å². The molecule has 2 nitrogen and oxygen atoms in total. The van der Waals surface area contributed by atoms with Gasteiger partial charge in [-0.2, -0.15) is 0 Å². The summed E-state index contributed by atoms with van der Waals surface area (Å²) < 4.78 is 0. The third kappa shape index (κ3) is 2.51. The second kappa shape index (κ2) is 5.46. The van der Waals surface area contributed by atoms with Crippen molar-refractivity contribution in [3.05, 3.63) is 0 Å². The first-order valence-corrected chi connectivity index (χ1v) is 10.3. The van der Waals surface area contributed by atoms with Crippen LogP contribution in [0.15, 0.2) is 0 Å². The average molecular weight is 320 g/mol. The lowest BCUT2D eigenvalue weighted by atomic mass is 9.49. The van der Waals surface area contributed by atoms with Gasteiger partial charge in [0.05, 0.1) is 5.60 Å². The summed E-state index contributed by atoms with van der Waals surface area (Å²) in [5.41, 5.74) is 6.50. The molecule has 0 aromatic heterocycles. The molecule has 0 amide bonds. The van der Waals surface area contributed by atoms with Gasteiger partial charge in [-0.1, -0.05) is 6.92 Å². The summed E-state index contributed by atoms with van der Waals surface area (Å²) in [6, 6.07) is 0.364. The molecule has 0 aromatic rings. The number of fused-ring (bicyclic) bond motifs is 5. The third-order valence-electron chi connectivity index (χ3n) is 8.94. The van der Waals surface area contributed by atoms with Crippen molar-refractivity contribution in [2.45, 2.75) is 90.2 Å². The average Bonchev–Trinajstić information content (AvgIpc) is 2.83. The van der Waals surface area contributed by atoms with Crippen molar-refractivity contribution in [3.8, 4) is 0 Å². The minimum Gasteiger partial charge on any atom is -0.390 e. The van der Waals surface area contributed by atoms with Crippen LogP contribution in [0.25, 0.3) is 0 Å². The van der Waals surface area contributed by atoms with Crippen LogP contribution >= 0.6 is 0 Å². The Morgan fingerprint density at radius 1 is 0.913 bits per heavy atom. The molecule has 3 N–H and O–H groups in total. The first-order valence-electron chi connectivity index (χ1n) is 10.3. The first kappa shape index (κ1) is 16.4. The predicted octanol–water partition coefficient (Wildman–Crippen LogP) is 4.35. The van der Waals surface area contributed by atoms with E-state index in [0.29, 0.717) is 11.5 Å². The quantitative estimate of drug-likeness (QED) is 0.754. The highest BCUT2D eigenvalue weighted by Crippen LogP contribution is 2.64. The van der Waals surface area contributed by atoms with Gasteiger partial charge < -0.3 is 10.8 Å². The van der Waals surface area contributed by atoms with Crippen LogP contribution in [0.4, 0.5) is 0 Å². The SMILES string of the molecule is CC(N)[C@H]1CCC2[C@@H]3CC[C@@H]4C[C@](C)(O)CC[C@@H]4C3CC[C@@]21C. The Morgan fingerprint density at radius 3 is 2.39 bits per heavy atom. The molecule has 0 aromatic carbocycles. The Bertz CT molecular complexity index is 459. The Labute approximate surface area is 142 Å². The van der Waals surface area contributed by atoms with Crippen molar-refractivity contribution in [1.29, 1.82) is 0 Å². The van der Waals surface area contributed by atoms with E-state index < -0.39 is 0 Å². The topological polar surface area (TPSA) is 46.2 Å². The minimum atomic E-state index is -0.384. The third-order valence-corrected chi connectivity index (χ3v) is 8.94. The lowest BCUT2D eigenvalue weighted by Crippen LogP contribution is -2.51. The van der Waals surface area contributed by atoms with Gasteiger partial charge in [-0.15, -0.1) is 0 Å². The Hall–Kier alpha value is -0.0800. The fourth-order valence-electron chi connectivity index (χ4n) is 7.99. The molecule has 4 fully saturated rings. The van der Waals surface area contributed by atoms with Crippen molar-refractivity contribution < 1.29 is 5.11 Å². The highest BCUT2D eigenvalue weighted by atomic mass is 16.3. The molecule has 0 aliphatic heterocycles. The maximum Gasteiger partial charge on any atom is 0.0622 e. The zero-order chi connectivity index (χ0) is 16.4. The van der Waals surface area contributed by atoms with Crippen LogP contribution in [-0.2, 0) is 0 Å². The summed E-state index contributed by atoms with van der Waals surface area (Å²) in [6.45, 7) is 6.88. The molecule has 132 valence electrons. The van der Waals surface area contributed by atoms with Crippen molar-refractivity contribution >= 4 is 0 Å². The van der Waals surface area contributed by atoms with E-state index in [9.17, 15) is 5.11 Å². The molecule has 0 spiro atoms. The molecule has 2 heteroatoms. The highest BCUT2D eigenvalue weighted by molar-refractivity contribution is 5.07. The van der Waals surface area contributed by atoms with Crippen LogP contribution in [0.1, 0.15) is 78.6 Å². The number of hydrogen-bond acceptors (Lipinski definition) is 2. The van der Waals surface area contributed by atoms with Crippen LogP contribution in [0, 0.1) is 40.9 Å². The lowest BCUT2D eigenvalue weighted by molar-refractivity contribution is -0.100. The van der Waals surface area contributed by atoms with Crippen LogP contribution in [0.5, 0.6) is 0 Å². The number of hydrogen-bond donors (Lipinski definition) is 2. The Morgan fingerprint density at radius 2 is 1.65 bits per heavy atom. The summed E-state index contributed by atoms with van der Waals surface area (Å²) >= 11 is 0. The van der Waals surface area contributed by atoms with Crippen molar-refractivity contribution in [1.82, 2.24) is 0 Å². The molecular formula is C21H37NO. The van der Waals surface area contributed by atoms with Gasteiger partial charge in [0.2, 0.25) is 0 Å². The maximum atomic E-state index is 10.5. The van der Waals surface area contributed by atoms with E-state index in [0.717, 1.165) is 48.3 Å². The molecule has 4 aliphatic carbocycles. The van der Waals surface area contributed by atoms with Gasteiger partial charge in [0.25, 0.3) is 0 Å². The summed E-state index contributed by atoms with van der Waals surface area (Å²) in [6.07, 6.45) is 11.8. The van der Waals surface area contributed by atoms with E-state index in [2.05, 4.69) is 20.8 Å². The van der Waals surface area contributed by atoms with Crippen LogP contribution in [0.3, 0.4) is 0 Å². The molecule has 4 rings (SSSR count). The van der Waals surface area contributed by atoms with E-state index in [1.165, 1.54) is 44.9 Å². The Balaban J connectivity index is 1.54. The van der Waals surface area contributed by atoms with Crippen molar-refractivity contribution in [2.75, 3.05) is 0 Å². The van der Waals surface area contributed by atoms with Crippen LogP contribution in [0.2, 0.25) is 0 Å². The van der Waals surface area contributed by atoms with Crippen molar-refractivity contribution in [2.24, 2.45) is 46.7 Å². The largest absolute Gasteiger partial charge is 0.390 e. The highest BCUT2D eigenvalue weighted by Gasteiger charge is 2.57. The molecule has 0 heterocycles. The maximum absolute atomic E-state index is 10.5. The standard InChI is InChI=1S/C21H37NO/c1-13(22)18-6-7-19-17-5-4-14-12-20(2,23)10-8-15(14)16(17)9-11-21(18,19)3/h13-19,23H,4-12,22H2,1-3H3/t13?,14-,15+,16?,17-,18-,19?,20-,21-/m1/s1. The van der Waals surface area contributed by atoms with E-state index in [1.807, 2.05) is 0 Å². The van der Waals surface area contributed by atoms with E-state index in [-0.39, 0.29) is 5.60 Å². The monoisotopic (exact) mass is 319 g/mol. The first-order chi connectivity index (χ1) is 10.8. The zero-order valence-electron chi connectivity index (χ0n) is 15.4. The molecule has 9 atom stereocenters. The normalized spacial score (nSPS) is 57.3. The van der Waals surface area contributed by atoms with E-state index in [1.54, 1.807) is 0 Å². The van der Waals surface area contributed by atoms with E-state index in [4.69, 9.17) is 5.73 Å². The van der Waals surface area contributed by atoms with Crippen LogP contribution < -0.4 is 5.73 Å². The molecule has 3 unspecified atom stereocenters. The molecule has 4 saturated carbocycles. The zero-order valence-corrected chi connectivity index (χ0v) is 15.4. The van der Waals surface area contributed by atoms with Gasteiger partial charge in [0.15, 0.2) is 0 Å². The van der Waals surface area contributed by atoms with Gasteiger partial charge in [-0.3, -0.25) is 0 Å². The fraction of sp³-hybridized carbons (Fsp3) is 1.00. The molecule has 0 saturated heterocycles. The van der Waals surface area contributed by atoms with Crippen molar-refractivity contribution in [3.63, 3.8) is 0 Å². The van der Waals surface area contributed by atoms with Crippen LogP contribution in [-0.4, -0.2) is 16.7 Å². The van der Waals surface area contributed by atoms with Gasteiger partial charge >= 0.3 is 0 Å². The minimum absolute atomic E-state index is 0.364. The summed E-state index contributed by atoms with van der Waals surface area (Å²) in [7, 11) is 0. The fourth-order valence-corrected chi connectivity index (χ4v) is 7.99. The number of nitrogens with two attached hydrogens (primary N) is 1. The van der Waals surface area contributed by atoms with Gasteiger partial charge in [0, 0.05) is 6.04 Å². The summed E-state index contributed by atoms with van der Waals surface area (Å²) in [4.78, 5) is 0. The number of aliphatic hydroxyl groups is 1. The smallest absolute Gasteiger partial charge is 0.0622 e. The van der Waals surface area contributed by atoms with E-state index >= 15 is 0 Å².